The Bertz CT molecular complexity index is 200. The summed E-state index contributed by atoms with van der Waals surface area (Å²) in [5.41, 5.74) is -0.640. The third kappa shape index (κ3) is 1.49. The zero-order chi connectivity index (χ0) is 10.2. The molecule has 0 saturated heterocycles. The lowest BCUT2D eigenvalue weighted by molar-refractivity contribution is -0.0890. The number of rotatable bonds is 3. The molecule has 2 aliphatic rings. The molecule has 0 spiro atoms. The van der Waals surface area contributed by atoms with Crippen molar-refractivity contribution in [2.45, 2.75) is 57.5 Å². The largest absolute Gasteiger partial charge is 0.396 e. The van der Waals surface area contributed by atoms with E-state index in [0.717, 1.165) is 44.4 Å². The predicted octanol–water partition coefficient (Wildman–Crippen LogP) is 2.09. The second-order valence-corrected chi connectivity index (χ2v) is 5.32. The zero-order valence-electron chi connectivity index (χ0n) is 9.13. The zero-order valence-corrected chi connectivity index (χ0v) is 9.13. The first kappa shape index (κ1) is 10.4. The highest BCUT2D eigenvalue weighted by atomic mass is 16.3. The van der Waals surface area contributed by atoms with Gasteiger partial charge in [-0.2, -0.15) is 0 Å². The maximum absolute atomic E-state index is 10.5. The third-order valence-electron chi connectivity index (χ3n) is 4.65. The second-order valence-electron chi connectivity index (χ2n) is 5.32. The normalized spacial score (nSPS) is 40.9. The summed E-state index contributed by atoms with van der Waals surface area (Å²) in [5, 5.41) is 19.9. The van der Waals surface area contributed by atoms with Crippen molar-refractivity contribution in [3.8, 4) is 0 Å². The van der Waals surface area contributed by atoms with Crippen molar-refractivity contribution >= 4 is 0 Å². The molecule has 14 heavy (non-hydrogen) atoms. The molecule has 0 atom stereocenters. The third-order valence-corrected chi connectivity index (χ3v) is 4.65. The van der Waals surface area contributed by atoms with Gasteiger partial charge in [0, 0.05) is 5.41 Å². The Labute approximate surface area is 86.3 Å². The minimum absolute atomic E-state index is 0.105. The quantitative estimate of drug-likeness (QED) is 0.729. The summed E-state index contributed by atoms with van der Waals surface area (Å²) in [4.78, 5) is 0. The van der Waals surface area contributed by atoms with Gasteiger partial charge in [-0.3, -0.25) is 0 Å². The van der Waals surface area contributed by atoms with E-state index in [4.69, 9.17) is 0 Å². The van der Waals surface area contributed by atoms with Crippen LogP contribution in [0.15, 0.2) is 0 Å². The van der Waals surface area contributed by atoms with E-state index in [9.17, 15) is 10.2 Å². The van der Waals surface area contributed by atoms with E-state index in [-0.39, 0.29) is 12.0 Å². The lowest BCUT2D eigenvalue weighted by atomic mass is 9.70. The van der Waals surface area contributed by atoms with Crippen molar-refractivity contribution in [2.75, 3.05) is 6.61 Å². The Morgan fingerprint density at radius 1 is 1.14 bits per heavy atom. The van der Waals surface area contributed by atoms with Gasteiger partial charge in [-0.25, -0.2) is 0 Å². The van der Waals surface area contributed by atoms with Gasteiger partial charge in [0.25, 0.3) is 0 Å². The molecule has 2 fully saturated rings. The molecular weight excluding hydrogens is 176 g/mol. The van der Waals surface area contributed by atoms with Crippen molar-refractivity contribution in [3.05, 3.63) is 0 Å². The number of aliphatic hydroxyl groups excluding tert-OH is 1. The van der Waals surface area contributed by atoms with Crippen molar-refractivity contribution < 1.29 is 10.2 Å². The monoisotopic (exact) mass is 198 g/mol. The fourth-order valence-electron chi connectivity index (χ4n) is 3.02. The van der Waals surface area contributed by atoms with Gasteiger partial charge in [-0.15, -0.1) is 0 Å². The van der Waals surface area contributed by atoms with E-state index in [1.54, 1.807) is 0 Å². The molecule has 0 aromatic rings. The van der Waals surface area contributed by atoms with E-state index in [0.29, 0.717) is 0 Å². The van der Waals surface area contributed by atoms with Gasteiger partial charge in [-0.05, 0) is 44.4 Å². The SMILES string of the molecule is CCC1CCC(O)(C2(CO)CC2)CC1. The smallest absolute Gasteiger partial charge is 0.0725 e. The second kappa shape index (κ2) is 3.49. The Morgan fingerprint density at radius 3 is 2.07 bits per heavy atom. The highest BCUT2D eigenvalue weighted by molar-refractivity contribution is 5.09. The molecular formula is C12H22O2. The molecule has 2 N–H and O–H groups in total. The van der Waals surface area contributed by atoms with Crippen LogP contribution in [-0.2, 0) is 0 Å². The molecule has 2 nitrogen and oxygen atoms in total. The highest BCUT2D eigenvalue weighted by Crippen LogP contribution is 2.58. The van der Waals surface area contributed by atoms with Gasteiger partial charge in [0.05, 0.1) is 12.2 Å². The standard InChI is InChI=1S/C12H22O2/c1-2-10-3-5-12(14,6-4-10)11(9-13)7-8-11/h10,13-14H,2-9H2,1H3. The summed E-state index contributed by atoms with van der Waals surface area (Å²) >= 11 is 0. The molecule has 2 saturated carbocycles. The molecule has 0 heterocycles. The van der Waals surface area contributed by atoms with E-state index in [2.05, 4.69) is 6.92 Å². The van der Waals surface area contributed by atoms with E-state index in [1.165, 1.54) is 6.42 Å². The van der Waals surface area contributed by atoms with Crippen molar-refractivity contribution in [1.82, 2.24) is 0 Å². The number of aliphatic hydroxyl groups is 2. The Morgan fingerprint density at radius 2 is 1.71 bits per heavy atom. The van der Waals surface area contributed by atoms with Crippen LogP contribution in [0.1, 0.15) is 51.9 Å². The first-order valence-corrected chi connectivity index (χ1v) is 5.99. The van der Waals surface area contributed by atoms with E-state index in [1.807, 2.05) is 0 Å². The van der Waals surface area contributed by atoms with Gasteiger partial charge in [0.2, 0.25) is 0 Å². The predicted molar refractivity (Wildman–Crippen MR) is 56.0 cm³/mol. The van der Waals surface area contributed by atoms with Crippen molar-refractivity contribution in [2.24, 2.45) is 11.3 Å². The molecule has 2 rings (SSSR count). The highest BCUT2D eigenvalue weighted by Gasteiger charge is 2.58. The van der Waals surface area contributed by atoms with Crippen LogP contribution in [0.5, 0.6) is 0 Å². The first-order chi connectivity index (χ1) is 6.66. The molecule has 0 radical (unpaired) electrons. The van der Waals surface area contributed by atoms with Gasteiger partial charge in [0.15, 0.2) is 0 Å². The lowest BCUT2D eigenvalue weighted by Gasteiger charge is -2.41. The molecule has 0 aromatic heterocycles. The van der Waals surface area contributed by atoms with Crippen LogP contribution in [0.25, 0.3) is 0 Å². The lowest BCUT2D eigenvalue weighted by Crippen LogP contribution is -2.44. The van der Waals surface area contributed by atoms with Gasteiger partial charge < -0.3 is 10.2 Å². The van der Waals surface area contributed by atoms with Crippen LogP contribution in [0, 0.1) is 11.3 Å². The van der Waals surface area contributed by atoms with Crippen LogP contribution in [0.4, 0.5) is 0 Å². The number of hydrogen-bond donors (Lipinski definition) is 2. The van der Waals surface area contributed by atoms with Gasteiger partial charge >= 0.3 is 0 Å². The minimum Gasteiger partial charge on any atom is -0.396 e. The average molecular weight is 198 g/mol. The van der Waals surface area contributed by atoms with Crippen LogP contribution < -0.4 is 0 Å². The maximum atomic E-state index is 10.5. The summed E-state index contributed by atoms with van der Waals surface area (Å²) in [6.45, 7) is 2.41. The van der Waals surface area contributed by atoms with Gasteiger partial charge in [0.1, 0.15) is 0 Å². The molecule has 2 heteroatoms. The maximum Gasteiger partial charge on any atom is 0.0725 e. The summed E-state index contributed by atoms with van der Waals surface area (Å²) in [7, 11) is 0. The number of hydrogen-bond acceptors (Lipinski definition) is 2. The average Bonchev–Trinajstić information content (AvgIpc) is 3.00. The van der Waals surface area contributed by atoms with Crippen LogP contribution in [0.3, 0.4) is 0 Å². The fraction of sp³-hybridized carbons (Fsp3) is 1.00. The van der Waals surface area contributed by atoms with Gasteiger partial charge in [-0.1, -0.05) is 13.3 Å². The summed E-state index contributed by atoms with van der Waals surface area (Å²) in [6, 6.07) is 0. The van der Waals surface area contributed by atoms with Crippen molar-refractivity contribution in [3.63, 3.8) is 0 Å². The van der Waals surface area contributed by atoms with Crippen LogP contribution in [0.2, 0.25) is 0 Å². The summed E-state index contributed by atoms with van der Waals surface area (Å²) in [6.07, 6.45) is 7.40. The Hall–Kier alpha value is -0.0800. The minimum atomic E-state index is -0.534. The van der Waals surface area contributed by atoms with E-state index >= 15 is 0 Å². The van der Waals surface area contributed by atoms with Crippen LogP contribution in [-0.4, -0.2) is 22.4 Å². The Kier molecular flexibility index (Phi) is 2.61. The van der Waals surface area contributed by atoms with Crippen molar-refractivity contribution in [1.29, 1.82) is 0 Å². The molecule has 82 valence electrons. The summed E-state index contributed by atoms with van der Waals surface area (Å²) < 4.78 is 0. The van der Waals surface area contributed by atoms with E-state index < -0.39 is 5.60 Å². The molecule has 0 aromatic carbocycles. The molecule has 0 amide bonds. The molecule has 2 aliphatic carbocycles. The molecule has 0 aliphatic heterocycles. The molecule has 0 unspecified atom stereocenters. The van der Waals surface area contributed by atoms with Crippen LogP contribution >= 0.6 is 0 Å². The fourth-order valence-corrected chi connectivity index (χ4v) is 3.02. The first-order valence-electron chi connectivity index (χ1n) is 5.99. The Balaban J connectivity index is 1.98. The topological polar surface area (TPSA) is 40.5 Å². The molecule has 0 bridgehead atoms. The summed E-state index contributed by atoms with van der Waals surface area (Å²) in [5.74, 6) is 0.810.